The van der Waals surface area contributed by atoms with E-state index in [0.717, 1.165) is 22.7 Å². The molecule has 1 N–H and O–H groups in total. The Balaban J connectivity index is 2.06. The van der Waals surface area contributed by atoms with Crippen molar-refractivity contribution in [3.8, 4) is 0 Å². The van der Waals surface area contributed by atoms with E-state index in [1.807, 2.05) is 18.2 Å². The first-order chi connectivity index (χ1) is 10.2. The van der Waals surface area contributed by atoms with Crippen LogP contribution < -0.4 is 5.32 Å². The van der Waals surface area contributed by atoms with E-state index in [9.17, 15) is 8.78 Å². The maximum atomic E-state index is 13.4. The molecule has 2 aromatic carbocycles. The molecule has 21 heavy (non-hydrogen) atoms. The standard InChI is InChI=1S/C16H13F2N3/c1-19-16(10-2-4-12(17)13(18)8-10)11-3-5-14-15(9-11)21-7-6-20-14/h2-9,16,19H,1H3. The van der Waals surface area contributed by atoms with E-state index in [4.69, 9.17) is 0 Å². The minimum Gasteiger partial charge on any atom is -0.309 e. The molecule has 0 saturated carbocycles. The summed E-state index contributed by atoms with van der Waals surface area (Å²) >= 11 is 0. The van der Waals surface area contributed by atoms with E-state index in [1.54, 1.807) is 25.5 Å². The third kappa shape index (κ3) is 2.60. The highest BCUT2D eigenvalue weighted by Crippen LogP contribution is 2.25. The first-order valence-corrected chi connectivity index (χ1v) is 6.52. The monoisotopic (exact) mass is 285 g/mol. The van der Waals surface area contributed by atoms with Crippen molar-refractivity contribution < 1.29 is 8.78 Å². The molecule has 0 radical (unpaired) electrons. The summed E-state index contributed by atoms with van der Waals surface area (Å²) in [4.78, 5) is 8.47. The molecule has 3 aromatic rings. The van der Waals surface area contributed by atoms with Gasteiger partial charge in [0.2, 0.25) is 0 Å². The van der Waals surface area contributed by atoms with Crippen LogP contribution in [0.25, 0.3) is 11.0 Å². The van der Waals surface area contributed by atoms with Gasteiger partial charge >= 0.3 is 0 Å². The third-order valence-electron chi connectivity index (χ3n) is 3.39. The first-order valence-electron chi connectivity index (χ1n) is 6.52. The predicted octanol–water partition coefficient (Wildman–Crippen LogP) is 3.22. The summed E-state index contributed by atoms with van der Waals surface area (Å²) in [6.45, 7) is 0. The molecule has 0 fully saturated rings. The lowest BCUT2D eigenvalue weighted by Gasteiger charge is -2.17. The van der Waals surface area contributed by atoms with Crippen LogP contribution in [0, 0.1) is 11.6 Å². The Bertz CT molecular complexity index is 789. The Morgan fingerprint density at radius 1 is 0.857 bits per heavy atom. The van der Waals surface area contributed by atoms with Gasteiger partial charge in [-0.2, -0.15) is 0 Å². The summed E-state index contributed by atoms with van der Waals surface area (Å²) in [7, 11) is 1.77. The summed E-state index contributed by atoms with van der Waals surface area (Å²) in [6, 6.07) is 9.33. The number of rotatable bonds is 3. The number of nitrogens with one attached hydrogen (secondary N) is 1. The molecule has 5 heteroatoms. The van der Waals surface area contributed by atoms with Gasteiger partial charge in [0.05, 0.1) is 17.1 Å². The first kappa shape index (κ1) is 13.6. The number of hydrogen-bond donors (Lipinski definition) is 1. The molecule has 0 spiro atoms. The molecule has 0 saturated heterocycles. The van der Waals surface area contributed by atoms with Crippen LogP contribution in [0.5, 0.6) is 0 Å². The number of aromatic nitrogens is 2. The molecule has 0 aliphatic carbocycles. The van der Waals surface area contributed by atoms with Crippen molar-refractivity contribution >= 4 is 11.0 Å². The van der Waals surface area contributed by atoms with Crippen LogP contribution in [0.15, 0.2) is 48.8 Å². The van der Waals surface area contributed by atoms with Crippen molar-refractivity contribution in [3.05, 3.63) is 71.6 Å². The van der Waals surface area contributed by atoms with Crippen LogP contribution in [-0.4, -0.2) is 17.0 Å². The van der Waals surface area contributed by atoms with Gasteiger partial charge in [-0.15, -0.1) is 0 Å². The predicted molar refractivity (Wildman–Crippen MR) is 76.8 cm³/mol. The number of halogens is 2. The molecule has 3 rings (SSSR count). The van der Waals surface area contributed by atoms with Gasteiger partial charge in [0.1, 0.15) is 0 Å². The van der Waals surface area contributed by atoms with Gasteiger partial charge in [-0.25, -0.2) is 8.78 Å². The largest absolute Gasteiger partial charge is 0.309 e. The Kier molecular flexibility index (Phi) is 3.58. The van der Waals surface area contributed by atoms with Crippen LogP contribution >= 0.6 is 0 Å². The normalized spacial score (nSPS) is 12.5. The molecule has 3 nitrogen and oxygen atoms in total. The van der Waals surface area contributed by atoms with Crippen molar-refractivity contribution in [2.45, 2.75) is 6.04 Å². The van der Waals surface area contributed by atoms with E-state index in [1.165, 1.54) is 6.07 Å². The van der Waals surface area contributed by atoms with Gasteiger partial charge in [-0.1, -0.05) is 12.1 Å². The fourth-order valence-electron chi connectivity index (χ4n) is 2.38. The van der Waals surface area contributed by atoms with E-state index >= 15 is 0 Å². The maximum absolute atomic E-state index is 13.4. The fourth-order valence-corrected chi connectivity index (χ4v) is 2.38. The molecular weight excluding hydrogens is 272 g/mol. The fraction of sp³-hybridized carbons (Fsp3) is 0.125. The Labute approximate surface area is 120 Å². The van der Waals surface area contributed by atoms with Gasteiger partial charge in [0.25, 0.3) is 0 Å². The molecule has 1 unspecified atom stereocenters. The Hall–Kier alpha value is -2.40. The van der Waals surface area contributed by atoms with Crippen molar-refractivity contribution in [1.29, 1.82) is 0 Å². The summed E-state index contributed by atoms with van der Waals surface area (Å²) in [6.07, 6.45) is 3.25. The molecule has 0 amide bonds. The van der Waals surface area contributed by atoms with E-state index < -0.39 is 11.6 Å². The number of hydrogen-bond acceptors (Lipinski definition) is 3. The van der Waals surface area contributed by atoms with Crippen LogP contribution in [0.4, 0.5) is 8.78 Å². The molecule has 0 bridgehead atoms. The summed E-state index contributed by atoms with van der Waals surface area (Å²) in [5.41, 5.74) is 3.12. The minimum atomic E-state index is -0.853. The molecule has 0 aliphatic rings. The van der Waals surface area contributed by atoms with E-state index in [-0.39, 0.29) is 6.04 Å². The van der Waals surface area contributed by atoms with Crippen LogP contribution in [0.1, 0.15) is 17.2 Å². The van der Waals surface area contributed by atoms with Gasteiger partial charge in [-0.3, -0.25) is 9.97 Å². The van der Waals surface area contributed by atoms with Gasteiger partial charge < -0.3 is 5.32 Å². The van der Waals surface area contributed by atoms with Crippen LogP contribution in [-0.2, 0) is 0 Å². The highest BCUT2D eigenvalue weighted by Gasteiger charge is 2.15. The van der Waals surface area contributed by atoms with E-state index in [0.29, 0.717) is 5.56 Å². The molecule has 1 heterocycles. The molecule has 1 aromatic heterocycles. The Morgan fingerprint density at radius 2 is 1.52 bits per heavy atom. The lowest BCUT2D eigenvalue weighted by molar-refractivity contribution is 0.505. The highest BCUT2D eigenvalue weighted by atomic mass is 19.2. The van der Waals surface area contributed by atoms with Gasteiger partial charge in [0, 0.05) is 12.4 Å². The number of fused-ring (bicyclic) bond motifs is 1. The van der Waals surface area contributed by atoms with Crippen molar-refractivity contribution in [3.63, 3.8) is 0 Å². The summed E-state index contributed by atoms with van der Waals surface area (Å²) < 4.78 is 26.5. The lowest BCUT2D eigenvalue weighted by Crippen LogP contribution is -2.18. The maximum Gasteiger partial charge on any atom is 0.159 e. The lowest BCUT2D eigenvalue weighted by atomic mass is 9.98. The van der Waals surface area contributed by atoms with Crippen LogP contribution in [0.2, 0.25) is 0 Å². The minimum absolute atomic E-state index is 0.244. The zero-order chi connectivity index (χ0) is 14.8. The zero-order valence-corrected chi connectivity index (χ0v) is 11.3. The van der Waals surface area contributed by atoms with Crippen LogP contribution in [0.3, 0.4) is 0 Å². The molecular formula is C16H13F2N3. The second kappa shape index (κ2) is 5.54. The molecule has 106 valence electrons. The number of nitrogens with zero attached hydrogens (tertiary/aromatic N) is 2. The smallest absolute Gasteiger partial charge is 0.159 e. The third-order valence-corrected chi connectivity index (χ3v) is 3.39. The average Bonchev–Trinajstić information content (AvgIpc) is 2.51. The second-order valence-corrected chi connectivity index (χ2v) is 4.70. The molecule has 0 aliphatic heterocycles. The van der Waals surface area contributed by atoms with Gasteiger partial charge in [0.15, 0.2) is 11.6 Å². The van der Waals surface area contributed by atoms with Gasteiger partial charge in [-0.05, 0) is 42.4 Å². The van der Waals surface area contributed by atoms with Crippen molar-refractivity contribution in [2.24, 2.45) is 0 Å². The van der Waals surface area contributed by atoms with Crippen molar-refractivity contribution in [2.75, 3.05) is 7.05 Å². The van der Waals surface area contributed by atoms with Crippen molar-refractivity contribution in [1.82, 2.24) is 15.3 Å². The second-order valence-electron chi connectivity index (χ2n) is 4.70. The molecule has 1 atom stereocenters. The highest BCUT2D eigenvalue weighted by molar-refractivity contribution is 5.74. The van der Waals surface area contributed by atoms with E-state index in [2.05, 4.69) is 15.3 Å². The number of benzene rings is 2. The average molecular weight is 285 g/mol. The zero-order valence-electron chi connectivity index (χ0n) is 11.3. The summed E-state index contributed by atoms with van der Waals surface area (Å²) in [5, 5.41) is 3.11. The summed E-state index contributed by atoms with van der Waals surface area (Å²) in [5.74, 6) is -1.70. The quantitative estimate of drug-likeness (QED) is 0.803. The Morgan fingerprint density at radius 3 is 2.24 bits per heavy atom. The topological polar surface area (TPSA) is 37.8 Å². The SMILES string of the molecule is CNC(c1ccc(F)c(F)c1)c1ccc2nccnc2c1.